The molecule has 0 aliphatic carbocycles. The van der Waals surface area contributed by atoms with E-state index in [1.165, 1.54) is 35.9 Å². The van der Waals surface area contributed by atoms with Gasteiger partial charge in [0.05, 0.1) is 22.1 Å². The van der Waals surface area contributed by atoms with E-state index in [0.717, 1.165) is 11.1 Å². The second-order valence-corrected chi connectivity index (χ2v) is 8.17. The van der Waals surface area contributed by atoms with Crippen LogP contribution in [0.1, 0.15) is 21.5 Å². The third kappa shape index (κ3) is 4.68. The molecule has 0 aromatic heterocycles. The molecule has 1 fully saturated rings. The fourth-order valence-corrected chi connectivity index (χ4v) is 4.26. The average molecular weight is 491 g/mol. The van der Waals surface area contributed by atoms with E-state index in [2.05, 4.69) is 20.9 Å². The molecule has 0 unspecified atom stereocenters. The zero-order valence-electron chi connectivity index (χ0n) is 16.5. The highest BCUT2D eigenvalue weighted by atomic mass is 79.9. The molecule has 2 aromatic rings. The van der Waals surface area contributed by atoms with E-state index in [1.807, 2.05) is 6.07 Å². The lowest BCUT2D eigenvalue weighted by Gasteiger charge is -2.14. The van der Waals surface area contributed by atoms with Crippen molar-refractivity contribution in [2.24, 2.45) is 4.99 Å². The molecule has 30 heavy (non-hydrogen) atoms. The van der Waals surface area contributed by atoms with Crippen LogP contribution in [0.3, 0.4) is 0 Å². The Bertz CT molecular complexity index is 1050. The number of ether oxygens (including phenoxy) is 2. The third-order valence-electron chi connectivity index (χ3n) is 4.33. The second-order valence-electron chi connectivity index (χ2n) is 6.31. The Kier molecular flexibility index (Phi) is 6.84. The zero-order valence-corrected chi connectivity index (χ0v) is 18.9. The number of carboxylic acids is 1. The van der Waals surface area contributed by atoms with Crippen molar-refractivity contribution in [3.63, 3.8) is 0 Å². The van der Waals surface area contributed by atoms with Crippen LogP contribution in [0.2, 0.25) is 0 Å². The molecular formula is C21H19BrN2O5S. The first kappa shape index (κ1) is 21.9. The number of carboxylic acid groups (broad SMARTS) is 1. The lowest BCUT2D eigenvalue weighted by molar-refractivity contribution is -0.121. The molecule has 1 heterocycles. The lowest BCUT2D eigenvalue weighted by Crippen LogP contribution is -2.23. The van der Waals surface area contributed by atoms with Crippen molar-refractivity contribution in [2.75, 3.05) is 21.2 Å². The summed E-state index contributed by atoms with van der Waals surface area (Å²) in [6, 6.07) is 10.1. The van der Waals surface area contributed by atoms with Crippen LogP contribution in [-0.2, 0) is 11.4 Å². The van der Waals surface area contributed by atoms with Crippen LogP contribution in [0.15, 0.2) is 50.8 Å². The van der Waals surface area contributed by atoms with Gasteiger partial charge in [0.2, 0.25) is 0 Å². The van der Waals surface area contributed by atoms with Gasteiger partial charge in [0.1, 0.15) is 6.61 Å². The second kappa shape index (κ2) is 9.36. The van der Waals surface area contributed by atoms with Gasteiger partial charge in [-0.15, -0.1) is 0 Å². The molecule has 3 rings (SSSR count). The van der Waals surface area contributed by atoms with Gasteiger partial charge in [0, 0.05) is 14.1 Å². The van der Waals surface area contributed by atoms with Crippen molar-refractivity contribution in [1.29, 1.82) is 0 Å². The first-order valence-electron chi connectivity index (χ1n) is 8.81. The van der Waals surface area contributed by atoms with Crippen molar-refractivity contribution < 1.29 is 24.2 Å². The lowest BCUT2D eigenvalue weighted by atomic mass is 10.1. The molecule has 2 aromatic carbocycles. The first-order chi connectivity index (χ1) is 14.3. The minimum absolute atomic E-state index is 0.110. The van der Waals surface area contributed by atoms with Crippen LogP contribution in [0.25, 0.3) is 6.08 Å². The summed E-state index contributed by atoms with van der Waals surface area (Å²) in [6.07, 6.45) is 1.78. The Balaban J connectivity index is 1.81. The largest absolute Gasteiger partial charge is 0.493 e. The van der Waals surface area contributed by atoms with E-state index in [0.29, 0.717) is 26.0 Å². The monoisotopic (exact) mass is 490 g/mol. The topological polar surface area (TPSA) is 88.4 Å². The summed E-state index contributed by atoms with van der Waals surface area (Å²) in [6.45, 7) is 0.241. The number of thioether (sulfide) groups is 1. The molecule has 1 amide bonds. The number of amides is 1. The number of nitrogens with zero attached hydrogens (tertiary/aromatic N) is 2. The van der Waals surface area contributed by atoms with Gasteiger partial charge < -0.3 is 14.6 Å². The normalized spacial score (nSPS) is 16.4. The number of rotatable bonds is 6. The summed E-state index contributed by atoms with van der Waals surface area (Å²) in [4.78, 5) is 29.5. The maximum Gasteiger partial charge on any atom is 0.335 e. The van der Waals surface area contributed by atoms with Crippen LogP contribution in [0.5, 0.6) is 11.5 Å². The Morgan fingerprint density at radius 2 is 2.00 bits per heavy atom. The number of likely N-dealkylation sites (N-methyl/N-ethyl adjacent to an activating group) is 1. The molecule has 0 atom stereocenters. The maximum atomic E-state index is 12.4. The molecular weight excluding hydrogens is 472 g/mol. The fourth-order valence-electron chi connectivity index (χ4n) is 2.76. The molecule has 0 spiro atoms. The van der Waals surface area contributed by atoms with Crippen LogP contribution >= 0.6 is 27.7 Å². The Morgan fingerprint density at radius 1 is 1.30 bits per heavy atom. The van der Waals surface area contributed by atoms with Gasteiger partial charge in [-0.3, -0.25) is 14.7 Å². The van der Waals surface area contributed by atoms with Crippen LogP contribution in [-0.4, -0.2) is 48.3 Å². The molecule has 0 saturated carbocycles. The van der Waals surface area contributed by atoms with Crippen LogP contribution in [0.4, 0.5) is 0 Å². The SMILES string of the molecule is CN=C1S/C(=C/c2cc(Br)c(OCc3ccc(C(=O)O)cc3)c(OC)c2)C(=O)N1C. The summed E-state index contributed by atoms with van der Waals surface area (Å²) in [5.41, 5.74) is 1.82. The van der Waals surface area contributed by atoms with Gasteiger partial charge in [-0.2, -0.15) is 0 Å². The maximum absolute atomic E-state index is 12.4. The zero-order chi connectivity index (χ0) is 21.8. The number of carbonyl (C=O) groups excluding carboxylic acids is 1. The number of carbonyl (C=O) groups is 2. The molecule has 0 bridgehead atoms. The number of hydrogen-bond acceptors (Lipinski definition) is 6. The first-order valence-corrected chi connectivity index (χ1v) is 10.4. The quantitative estimate of drug-likeness (QED) is 0.608. The van der Waals surface area contributed by atoms with Crippen molar-refractivity contribution in [3.05, 3.63) is 62.5 Å². The predicted molar refractivity (Wildman–Crippen MR) is 120 cm³/mol. The Hall–Kier alpha value is -2.78. The highest BCUT2D eigenvalue weighted by molar-refractivity contribution is 9.10. The van der Waals surface area contributed by atoms with Gasteiger partial charge in [-0.05, 0) is 69.2 Å². The minimum Gasteiger partial charge on any atom is -0.493 e. The van der Waals surface area contributed by atoms with Gasteiger partial charge in [-0.25, -0.2) is 4.79 Å². The minimum atomic E-state index is -0.973. The molecule has 1 saturated heterocycles. The van der Waals surface area contributed by atoms with E-state index >= 15 is 0 Å². The molecule has 1 N–H and O–H groups in total. The Labute approximate surface area is 186 Å². The van der Waals surface area contributed by atoms with Gasteiger partial charge in [0.25, 0.3) is 5.91 Å². The van der Waals surface area contributed by atoms with Crippen molar-refractivity contribution in [3.8, 4) is 11.5 Å². The van der Waals surface area contributed by atoms with Crippen molar-refractivity contribution >= 4 is 50.8 Å². The van der Waals surface area contributed by atoms with Crippen molar-refractivity contribution in [2.45, 2.75) is 6.61 Å². The van der Waals surface area contributed by atoms with E-state index < -0.39 is 5.97 Å². The van der Waals surface area contributed by atoms with Crippen LogP contribution < -0.4 is 9.47 Å². The molecule has 0 radical (unpaired) electrons. The van der Waals surface area contributed by atoms with Crippen molar-refractivity contribution in [1.82, 2.24) is 4.90 Å². The van der Waals surface area contributed by atoms with Gasteiger partial charge in [0.15, 0.2) is 16.7 Å². The number of halogens is 1. The average Bonchev–Trinajstić information content (AvgIpc) is 3.00. The number of aromatic carboxylic acids is 1. The number of aliphatic imine (C=N–C) groups is 1. The predicted octanol–water partition coefficient (Wildman–Crippen LogP) is 4.27. The smallest absolute Gasteiger partial charge is 0.335 e. The summed E-state index contributed by atoms with van der Waals surface area (Å²) >= 11 is 4.82. The van der Waals surface area contributed by atoms with Gasteiger partial charge >= 0.3 is 5.97 Å². The fraction of sp³-hybridized carbons (Fsp3) is 0.190. The molecule has 156 valence electrons. The molecule has 1 aliphatic heterocycles. The number of benzene rings is 2. The van der Waals surface area contributed by atoms with E-state index in [1.54, 1.807) is 38.4 Å². The number of methoxy groups -OCH3 is 1. The Morgan fingerprint density at radius 3 is 2.57 bits per heavy atom. The molecule has 1 aliphatic rings. The summed E-state index contributed by atoms with van der Waals surface area (Å²) < 4.78 is 12.0. The summed E-state index contributed by atoms with van der Waals surface area (Å²) in [5.74, 6) is -0.0632. The standard InChI is InChI=1S/C21H19BrN2O5S/c1-23-21-24(2)19(25)17(30-21)10-13-8-15(22)18(16(9-13)28-3)29-11-12-4-6-14(7-5-12)20(26)27/h4-10H,11H2,1-3H3,(H,26,27)/b17-10+,23-21?. The number of hydrogen-bond donors (Lipinski definition) is 1. The van der Waals surface area contributed by atoms with Crippen LogP contribution in [0, 0.1) is 0 Å². The third-order valence-corrected chi connectivity index (χ3v) is 6.07. The molecule has 7 nitrogen and oxygen atoms in total. The summed E-state index contributed by atoms with van der Waals surface area (Å²) in [7, 11) is 4.88. The highest BCUT2D eigenvalue weighted by Crippen LogP contribution is 2.39. The van der Waals surface area contributed by atoms with E-state index in [9.17, 15) is 9.59 Å². The van der Waals surface area contributed by atoms with E-state index in [4.69, 9.17) is 14.6 Å². The van der Waals surface area contributed by atoms with E-state index in [-0.39, 0.29) is 18.1 Å². The molecule has 9 heteroatoms. The highest BCUT2D eigenvalue weighted by Gasteiger charge is 2.29. The number of amidine groups is 1. The summed E-state index contributed by atoms with van der Waals surface area (Å²) in [5, 5.41) is 9.63. The van der Waals surface area contributed by atoms with Gasteiger partial charge in [-0.1, -0.05) is 12.1 Å².